The number of benzene rings is 1. The summed E-state index contributed by atoms with van der Waals surface area (Å²) in [6.45, 7) is -0.169. The van der Waals surface area contributed by atoms with Crippen molar-refractivity contribution in [3.05, 3.63) is 28.5 Å². The highest BCUT2D eigenvalue weighted by Gasteiger charge is 2.06. The van der Waals surface area contributed by atoms with Crippen molar-refractivity contribution >= 4 is 26.0 Å². The molecule has 0 saturated heterocycles. The van der Waals surface area contributed by atoms with Crippen LogP contribution in [0, 0.1) is 5.82 Å². The summed E-state index contributed by atoms with van der Waals surface area (Å²) in [6, 6.07) is 4.23. The van der Waals surface area contributed by atoms with Crippen LogP contribution in [0.1, 0.15) is 0 Å². The number of primary sulfonamides is 1. The summed E-state index contributed by atoms with van der Waals surface area (Å²) >= 11 is 3.08. The monoisotopic (exact) mass is 297 g/mol. The van der Waals surface area contributed by atoms with Crippen LogP contribution in [0.3, 0.4) is 0 Å². The molecule has 1 rings (SSSR count). The molecule has 0 unspecified atom stereocenters. The predicted molar refractivity (Wildman–Crippen MR) is 57.6 cm³/mol. The van der Waals surface area contributed by atoms with Crippen LogP contribution < -0.4 is 9.88 Å². The van der Waals surface area contributed by atoms with Crippen LogP contribution in [-0.2, 0) is 10.0 Å². The van der Waals surface area contributed by atoms with E-state index in [2.05, 4.69) is 15.9 Å². The van der Waals surface area contributed by atoms with Crippen LogP contribution in [0.2, 0.25) is 0 Å². The lowest BCUT2D eigenvalue weighted by Crippen LogP contribution is -2.21. The molecule has 1 aromatic carbocycles. The Morgan fingerprint density at radius 2 is 2.13 bits per heavy atom. The van der Waals surface area contributed by atoms with E-state index in [0.29, 0.717) is 4.47 Å². The van der Waals surface area contributed by atoms with E-state index in [1.807, 2.05) is 0 Å². The minimum atomic E-state index is -3.57. The Bertz CT molecular complexity index is 449. The van der Waals surface area contributed by atoms with Gasteiger partial charge in [-0.3, -0.25) is 0 Å². The molecule has 0 aliphatic rings. The van der Waals surface area contributed by atoms with E-state index in [1.165, 1.54) is 12.1 Å². The van der Waals surface area contributed by atoms with Gasteiger partial charge in [-0.25, -0.2) is 17.9 Å². The fourth-order valence-corrected chi connectivity index (χ4v) is 1.51. The Morgan fingerprint density at radius 1 is 1.47 bits per heavy atom. The number of sulfonamides is 1. The lowest BCUT2D eigenvalue weighted by Gasteiger charge is -2.06. The number of halogens is 2. The van der Waals surface area contributed by atoms with E-state index < -0.39 is 15.8 Å². The Labute approximate surface area is 95.4 Å². The van der Waals surface area contributed by atoms with Crippen LogP contribution in [0.4, 0.5) is 4.39 Å². The zero-order chi connectivity index (χ0) is 11.5. The molecule has 0 aliphatic heterocycles. The van der Waals surface area contributed by atoms with Gasteiger partial charge in [0.15, 0.2) is 11.6 Å². The second-order valence-electron chi connectivity index (χ2n) is 2.79. The fraction of sp³-hybridized carbons (Fsp3) is 0.250. The van der Waals surface area contributed by atoms with Gasteiger partial charge in [0.1, 0.15) is 6.61 Å². The largest absolute Gasteiger partial charge is 0.489 e. The highest BCUT2D eigenvalue weighted by atomic mass is 79.9. The summed E-state index contributed by atoms with van der Waals surface area (Å²) in [7, 11) is -3.57. The van der Waals surface area contributed by atoms with Crippen LogP contribution in [0.15, 0.2) is 22.7 Å². The van der Waals surface area contributed by atoms with Crippen molar-refractivity contribution in [3.63, 3.8) is 0 Å². The topological polar surface area (TPSA) is 69.4 Å². The minimum Gasteiger partial charge on any atom is -0.489 e. The molecule has 0 aliphatic carbocycles. The molecule has 0 fully saturated rings. The SMILES string of the molecule is NS(=O)(=O)CCOc1ccc(Br)cc1F. The zero-order valence-corrected chi connectivity index (χ0v) is 10.0. The fourth-order valence-electron chi connectivity index (χ4n) is 0.860. The molecule has 0 bridgehead atoms. The first kappa shape index (κ1) is 12.4. The molecule has 0 atom stereocenters. The molecule has 0 aromatic heterocycles. The highest BCUT2D eigenvalue weighted by Crippen LogP contribution is 2.21. The molecule has 2 N–H and O–H groups in total. The predicted octanol–water partition coefficient (Wildman–Crippen LogP) is 1.26. The Morgan fingerprint density at radius 3 is 2.67 bits per heavy atom. The summed E-state index contributed by atoms with van der Waals surface area (Å²) in [6.07, 6.45) is 0. The first-order valence-electron chi connectivity index (χ1n) is 3.97. The van der Waals surface area contributed by atoms with Gasteiger partial charge in [-0.1, -0.05) is 15.9 Å². The maximum absolute atomic E-state index is 13.1. The van der Waals surface area contributed by atoms with Crippen LogP contribution in [0.5, 0.6) is 5.75 Å². The molecule has 1 aromatic rings. The van der Waals surface area contributed by atoms with Crippen molar-refractivity contribution in [2.45, 2.75) is 0 Å². The van der Waals surface area contributed by atoms with Crippen LogP contribution in [0.25, 0.3) is 0 Å². The lowest BCUT2D eigenvalue weighted by atomic mass is 10.3. The number of ether oxygens (including phenoxy) is 1. The summed E-state index contributed by atoms with van der Waals surface area (Å²) in [5.41, 5.74) is 0. The van der Waals surface area contributed by atoms with Crippen molar-refractivity contribution in [1.29, 1.82) is 0 Å². The Hall–Kier alpha value is -0.660. The summed E-state index contributed by atoms with van der Waals surface area (Å²) < 4.78 is 39.7. The van der Waals surface area contributed by atoms with Crippen molar-refractivity contribution < 1.29 is 17.5 Å². The molecule has 4 nitrogen and oxygen atoms in total. The summed E-state index contributed by atoms with van der Waals surface area (Å²) in [5.74, 6) is -0.900. The molecular formula is C8H9BrFNO3S. The number of rotatable bonds is 4. The van der Waals surface area contributed by atoms with Gasteiger partial charge in [-0.2, -0.15) is 0 Å². The van der Waals surface area contributed by atoms with Gasteiger partial charge in [0, 0.05) is 4.47 Å². The summed E-state index contributed by atoms with van der Waals surface area (Å²) in [4.78, 5) is 0. The second-order valence-corrected chi connectivity index (χ2v) is 5.44. The molecule has 15 heavy (non-hydrogen) atoms. The molecule has 0 amide bonds. The molecule has 84 valence electrons. The summed E-state index contributed by atoms with van der Waals surface area (Å²) in [5, 5.41) is 4.75. The van der Waals surface area contributed by atoms with Crippen molar-refractivity contribution in [2.24, 2.45) is 5.14 Å². The molecule has 0 saturated carbocycles. The van der Waals surface area contributed by atoms with Gasteiger partial charge in [0.25, 0.3) is 0 Å². The maximum Gasteiger partial charge on any atom is 0.212 e. The third-order valence-electron chi connectivity index (χ3n) is 1.52. The van der Waals surface area contributed by atoms with Crippen molar-refractivity contribution in [1.82, 2.24) is 0 Å². The normalized spacial score (nSPS) is 11.4. The zero-order valence-electron chi connectivity index (χ0n) is 7.61. The average Bonchev–Trinajstić information content (AvgIpc) is 2.07. The first-order chi connectivity index (χ1) is 6.88. The quantitative estimate of drug-likeness (QED) is 0.909. The minimum absolute atomic E-state index is 0.00171. The van der Waals surface area contributed by atoms with Gasteiger partial charge in [-0.05, 0) is 18.2 Å². The van der Waals surface area contributed by atoms with E-state index in [-0.39, 0.29) is 18.1 Å². The van der Waals surface area contributed by atoms with Crippen LogP contribution in [-0.4, -0.2) is 20.8 Å². The smallest absolute Gasteiger partial charge is 0.212 e. The third kappa shape index (κ3) is 4.59. The third-order valence-corrected chi connectivity index (χ3v) is 2.75. The molecule has 0 spiro atoms. The van der Waals surface area contributed by atoms with Crippen molar-refractivity contribution in [2.75, 3.05) is 12.4 Å². The van der Waals surface area contributed by atoms with Gasteiger partial charge < -0.3 is 4.74 Å². The van der Waals surface area contributed by atoms with Crippen LogP contribution >= 0.6 is 15.9 Å². The van der Waals surface area contributed by atoms with Gasteiger partial charge in [0.05, 0.1) is 5.75 Å². The molecule has 0 radical (unpaired) electrons. The molecule has 0 heterocycles. The van der Waals surface area contributed by atoms with Gasteiger partial charge in [-0.15, -0.1) is 0 Å². The van der Waals surface area contributed by atoms with E-state index in [9.17, 15) is 12.8 Å². The van der Waals surface area contributed by atoms with Gasteiger partial charge in [0.2, 0.25) is 10.0 Å². The number of nitrogens with two attached hydrogens (primary N) is 1. The number of hydrogen-bond acceptors (Lipinski definition) is 3. The molecule has 7 heteroatoms. The standard InChI is InChI=1S/C8H9BrFNO3S/c9-6-1-2-8(7(10)5-6)14-3-4-15(11,12)13/h1-2,5H,3-4H2,(H2,11,12,13). The lowest BCUT2D eigenvalue weighted by molar-refractivity contribution is 0.322. The van der Waals surface area contributed by atoms with E-state index in [0.717, 1.165) is 0 Å². The Kier molecular flexibility index (Phi) is 4.06. The average molecular weight is 298 g/mol. The van der Waals surface area contributed by atoms with Gasteiger partial charge >= 0.3 is 0 Å². The highest BCUT2D eigenvalue weighted by molar-refractivity contribution is 9.10. The van der Waals surface area contributed by atoms with E-state index >= 15 is 0 Å². The number of hydrogen-bond donors (Lipinski definition) is 1. The second kappa shape index (κ2) is 4.91. The van der Waals surface area contributed by atoms with E-state index in [4.69, 9.17) is 9.88 Å². The maximum atomic E-state index is 13.1. The molecular weight excluding hydrogens is 289 g/mol. The first-order valence-corrected chi connectivity index (χ1v) is 6.47. The Balaban J connectivity index is 2.59. The van der Waals surface area contributed by atoms with E-state index in [1.54, 1.807) is 6.07 Å². The van der Waals surface area contributed by atoms with Crippen molar-refractivity contribution in [3.8, 4) is 5.75 Å².